The van der Waals surface area contributed by atoms with Gasteiger partial charge in [-0.15, -0.1) is 11.6 Å². The summed E-state index contributed by atoms with van der Waals surface area (Å²) in [6.07, 6.45) is 0.979. The van der Waals surface area contributed by atoms with Crippen LogP contribution in [0.15, 0.2) is 91.0 Å². The Morgan fingerprint density at radius 2 is 0.864 bits per heavy atom. The van der Waals surface area contributed by atoms with Gasteiger partial charge in [-0.1, -0.05) is 54.6 Å². The van der Waals surface area contributed by atoms with Crippen molar-refractivity contribution in [1.29, 1.82) is 0 Å². The lowest BCUT2D eigenvalue weighted by molar-refractivity contribution is 1.49. The first-order chi connectivity index (χ1) is 10.9. The quantitative estimate of drug-likeness (QED) is 0.487. The van der Waals surface area contributed by atoms with Crippen LogP contribution >= 0.6 is 18.9 Å². The zero-order valence-corrected chi connectivity index (χ0v) is 14.1. The highest BCUT2D eigenvalue weighted by Gasteiger charge is 2.44. The second-order valence-electron chi connectivity index (χ2n) is 5.23. The van der Waals surface area contributed by atoms with Gasteiger partial charge >= 0.3 is 0 Å². The summed E-state index contributed by atoms with van der Waals surface area (Å²) in [5.74, 6) is 0.659. The molecule has 0 atom stereocenters. The van der Waals surface area contributed by atoms with Crippen LogP contribution in [0.25, 0.3) is 0 Å². The Morgan fingerprint density at radius 1 is 0.545 bits per heavy atom. The zero-order valence-electron chi connectivity index (χ0n) is 12.4. The third-order valence-electron chi connectivity index (χ3n) is 4.01. The molecule has 0 radical (unpaired) electrons. The van der Waals surface area contributed by atoms with E-state index in [2.05, 4.69) is 91.0 Å². The summed E-state index contributed by atoms with van der Waals surface area (Å²) in [5.41, 5.74) is 0. The van der Waals surface area contributed by atoms with Gasteiger partial charge in [0.15, 0.2) is 0 Å². The molecule has 0 fully saturated rings. The minimum absolute atomic E-state index is 0.659. The summed E-state index contributed by atoms with van der Waals surface area (Å²) < 4.78 is 0. The summed E-state index contributed by atoms with van der Waals surface area (Å²) in [4.78, 5) is 0. The van der Waals surface area contributed by atoms with Gasteiger partial charge in [-0.2, -0.15) is 0 Å². The Labute approximate surface area is 138 Å². The maximum atomic E-state index is 6.26. The minimum atomic E-state index is -1.69. The maximum Gasteiger partial charge on any atom is 0.113 e. The molecular weight excluding hydrogens is 307 g/mol. The zero-order chi connectivity index (χ0) is 15.3. The van der Waals surface area contributed by atoms with E-state index in [1.807, 2.05) is 0 Å². The van der Waals surface area contributed by atoms with Gasteiger partial charge in [-0.25, -0.2) is 0 Å². The van der Waals surface area contributed by atoms with E-state index in [1.165, 1.54) is 15.9 Å². The van der Waals surface area contributed by atoms with Crippen molar-refractivity contribution in [3.8, 4) is 0 Å². The van der Waals surface area contributed by atoms with Crippen LogP contribution in [0.5, 0.6) is 0 Å². The number of alkyl halides is 1. The highest BCUT2D eigenvalue weighted by atomic mass is 35.5. The van der Waals surface area contributed by atoms with Gasteiger partial charge in [0.25, 0.3) is 0 Å². The van der Waals surface area contributed by atoms with Crippen LogP contribution in [0, 0.1) is 0 Å². The first-order valence-corrected chi connectivity index (χ1v) is 9.99. The van der Waals surface area contributed by atoms with Crippen molar-refractivity contribution < 1.29 is 0 Å². The summed E-state index contributed by atoms with van der Waals surface area (Å²) in [7, 11) is -1.69. The number of halogens is 1. The van der Waals surface area contributed by atoms with Crippen molar-refractivity contribution in [1.82, 2.24) is 0 Å². The Bertz CT molecular complexity index is 599. The van der Waals surface area contributed by atoms with Crippen LogP contribution in [0.4, 0.5) is 0 Å². The van der Waals surface area contributed by atoms with Gasteiger partial charge in [0.2, 0.25) is 0 Å². The fraction of sp³-hybridized carbons (Fsp3) is 0.100. The van der Waals surface area contributed by atoms with Crippen molar-refractivity contribution in [2.45, 2.75) is 0 Å². The largest absolute Gasteiger partial charge is 0.123 e. The number of hydrogen-bond acceptors (Lipinski definition) is 0. The van der Waals surface area contributed by atoms with Crippen LogP contribution < -0.4 is 15.9 Å². The molecule has 0 aromatic heterocycles. The predicted molar refractivity (Wildman–Crippen MR) is 101 cm³/mol. The summed E-state index contributed by atoms with van der Waals surface area (Å²) in [5, 5.41) is 4.19. The van der Waals surface area contributed by atoms with E-state index in [-0.39, 0.29) is 0 Å². The van der Waals surface area contributed by atoms with Crippen LogP contribution in [0.3, 0.4) is 0 Å². The van der Waals surface area contributed by atoms with E-state index in [9.17, 15) is 0 Å². The van der Waals surface area contributed by atoms with E-state index in [0.717, 1.165) is 6.16 Å². The van der Waals surface area contributed by atoms with E-state index in [1.54, 1.807) is 0 Å². The normalized spacial score (nSPS) is 11.3. The molecule has 0 saturated heterocycles. The molecule has 0 spiro atoms. The highest BCUT2D eigenvalue weighted by Crippen LogP contribution is 2.55. The molecular formula is C20H19ClP+. The lowest BCUT2D eigenvalue weighted by Gasteiger charge is -2.26. The van der Waals surface area contributed by atoms with Gasteiger partial charge in [0, 0.05) is 0 Å². The van der Waals surface area contributed by atoms with E-state index < -0.39 is 7.26 Å². The third-order valence-corrected chi connectivity index (χ3v) is 8.90. The van der Waals surface area contributed by atoms with Crippen molar-refractivity contribution in [3.63, 3.8) is 0 Å². The van der Waals surface area contributed by atoms with Crippen molar-refractivity contribution >= 4 is 34.8 Å². The predicted octanol–water partition coefficient (Wildman–Crippen LogP) is 4.22. The Morgan fingerprint density at radius 3 is 1.14 bits per heavy atom. The lowest BCUT2D eigenvalue weighted by Crippen LogP contribution is -2.33. The molecule has 22 heavy (non-hydrogen) atoms. The molecule has 0 amide bonds. The van der Waals surface area contributed by atoms with Gasteiger partial charge in [0.1, 0.15) is 23.2 Å². The average Bonchev–Trinajstić information content (AvgIpc) is 2.62. The molecule has 110 valence electrons. The fourth-order valence-corrected chi connectivity index (χ4v) is 7.74. The number of rotatable bonds is 5. The second-order valence-corrected chi connectivity index (χ2v) is 9.22. The molecule has 0 nitrogen and oxygen atoms in total. The van der Waals surface area contributed by atoms with E-state index >= 15 is 0 Å². The molecule has 0 aliphatic rings. The van der Waals surface area contributed by atoms with Gasteiger partial charge in [-0.05, 0) is 36.4 Å². The lowest BCUT2D eigenvalue weighted by atomic mass is 10.4. The number of hydrogen-bond donors (Lipinski definition) is 0. The van der Waals surface area contributed by atoms with Gasteiger partial charge in [-0.3, -0.25) is 0 Å². The Balaban J connectivity index is 2.29. The topological polar surface area (TPSA) is 0 Å². The van der Waals surface area contributed by atoms with E-state index in [0.29, 0.717) is 5.88 Å². The summed E-state index contributed by atoms with van der Waals surface area (Å²) in [6, 6.07) is 32.5. The standard InChI is InChI=1S/C20H19ClP/c21-16-17-22(18-10-4-1-5-11-18,19-12-6-2-7-13-19)20-14-8-3-9-15-20/h1-15H,16-17H2/q+1. The maximum absolute atomic E-state index is 6.26. The number of benzene rings is 3. The molecule has 0 aliphatic carbocycles. The molecule has 3 aromatic rings. The first-order valence-electron chi connectivity index (χ1n) is 7.49. The van der Waals surface area contributed by atoms with Gasteiger partial charge in [0.05, 0.1) is 12.0 Å². The molecule has 3 rings (SSSR count). The Kier molecular flexibility index (Phi) is 4.93. The van der Waals surface area contributed by atoms with Crippen LogP contribution in [0.1, 0.15) is 0 Å². The smallest absolute Gasteiger partial charge is 0.113 e. The monoisotopic (exact) mass is 325 g/mol. The Hall–Kier alpha value is -1.62. The average molecular weight is 326 g/mol. The van der Waals surface area contributed by atoms with Gasteiger partial charge < -0.3 is 0 Å². The summed E-state index contributed by atoms with van der Waals surface area (Å²) in [6.45, 7) is 0. The third kappa shape index (κ3) is 2.82. The van der Waals surface area contributed by atoms with Crippen molar-refractivity contribution in [2.75, 3.05) is 12.0 Å². The molecule has 0 N–H and O–H groups in total. The van der Waals surface area contributed by atoms with E-state index in [4.69, 9.17) is 11.6 Å². The molecule has 3 aromatic carbocycles. The molecule has 0 unspecified atom stereocenters. The minimum Gasteiger partial charge on any atom is -0.123 e. The SMILES string of the molecule is ClCC[P+](c1ccccc1)(c1ccccc1)c1ccccc1. The van der Waals surface area contributed by atoms with Crippen molar-refractivity contribution in [3.05, 3.63) is 91.0 Å². The van der Waals surface area contributed by atoms with Crippen LogP contribution in [-0.2, 0) is 0 Å². The molecule has 0 saturated carbocycles. The molecule has 0 heterocycles. The molecule has 0 bridgehead atoms. The summed E-state index contributed by atoms with van der Waals surface area (Å²) >= 11 is 6.26. The van der Waals surface area contributed by atoms with Crippen LogP contribution in [-0.4, -0.2) is 12.0 Å². The first kappa shape index (κ1) is 15.3. The highest BCUT2D eigenvalue weighted by molar-refractivity contribution is 7.95. The second kappa shape index (κ2) is 7.09. The fourth-order valence-electron chi connectivity index (χ4n) is 3.01. The molecule has 2 heteroatoms. The van der Waals surface area contributed by atoms with Crippen molar-refractivity contribution in [2.24, 2.45) is 0 Å². The molecule has 0 aliphatic heterocycles. The van der Waals surface area contributed by atoms with Crippen LogP contribution in [0.2, 0.25) is 0 Å².